The van der Waals surface area contributed by atoms with Gasteiger partial charge < -0.3 is 14.2 Å². The van der Waals surface area contributed by atoms with Crippen molar-refractivity contribution in [2.75, 3.05) is 6.61 Å². The van der Waals surface area contributed by atoms with Crippen LogP contribution in [0.15, 0.2) is 0 Å². The van der Waals surface area contributed by atoms with Crippen LogP contribution in [0, 0.1) is 57.7 Å². The Morgan fingerprint density at radius 1 is 0.951 bits per heavy atom. The molecule has 0 aromatic rings. The fraction of sp³-hybridized carbons (Fsp3) is 0.973. The maximum absolute atomic E-state index is 13.4. The van der Waals surface area contributed by atoms with Crippen molar-refractivity contribution in [3.05, 3.63) is 0 Å². The Bertz CT molecular complexity index is 923. The van der Waals surface area contributed by atoms with Gasteiger partial charge in [-0.15, -0.1) is 0 Å². The molecule has 236 valence electrons. The Kier molecular flexibility index (Phi) is 9.21. The molecule has 5 aliphatic rings. The van der Waals surface area contributed by atoms with Gasteiger partial charge >= 0.3 is 5.97 Å². The van der Waals surface area contributed by atoms with E-state index in [1.807, 2.05) is 20.8 Å². The van der Waals surface area contributed by atoms with Gasteiger partial charge in [0.15, 0.2) is 6.29 Å². The molecule has 0 aromatic carbocycles. The molecule has 5 rings (SSSR count). The monoisotopic (exact) mass is 573 g/mol. The lowest BCUT2D eigenvalue weighted by Gasteiger charge is -2.63. The highest BCUT2D eigenvalue weighted by atomic mass is 16.7. The summed E-state index contributed by atoms with van der Waals surface area (Å²) in [5.41, 5.74) is -0.121. The molecule has 4 saturated carbocycles. The minimum absolute atomic E-state index is 0.00768. The molecule has 4 nitrogen and oxygen atoms in total. The summed E-state index contributed by atoms with van der Waals surface area (Å²) >= 11 is 0. The summed E-state index contributed by atoms with van der Waals surface area (Å²) in [6.07, 6.45) is 14.5. The van der Waals surface area contributed by atoms with Crippen molar-refractivity contribution in [3.63, 3.8) is 0 Å². The van der Waals surface area contributed by atoms with E-state index in [9.17, 15) is 6.17 Å². The summed E-state index contributed by atoms with van der Waals surface area (Å²) in [4.78, 5) is 13.4. The predicted octanol–water partition coefficient (Wildman–Crippen LogP) is 9.59. The molecule has 4 aliphatic carbocycles. The summed E-state index contributed by atoms with van der Waals surface area (Å²) in [6.45, 7) is 19.1. The van der Waals surface area contributed by atoms with Crippen molar-refractivity contribution in [2.45, 2.75) is 164 Å². The molecule has 0 bridgehead atoms. The molecule has 41 heavy (non-hydrogen) atoms. The molecular formula is C37H64O4. The molecular weight excluding hydrogens is 508 g/mol. The number of hydrogen-bond donors (Lipinski definition) is 0. The molecule has 1 aliphatic heterocycles. The first-order valence-corrected chi connectivity index (χ1v) is 17.6. The first kappa shape index (κ1) is 30.4. The van der Waals surface area contributed by atoms with Gasteiger partial charge in [-0.3, -0.25) is 4.79 Å². The van der Waals surface area contributed by atoms with Crippen molar-refractivity contribution >= 4 is 5.97 Å². The highest BCUT2D eigenvalue weighted by Crippen LogP contribution is 2.69. The van der Waals surface area contributed by atoms with Gasteiger partial charge in [0.25, 0.3) is 0 Å². The molecule has 1 unspecified atom stereocenters. The van der Waals surface area contributed by atoms with E-state index in [0.717, 1.165) is 62.9 Å². The maximum Gasteiger partial charge on any atom is 0.311 e. The third kappa shape index (κ3) is 6.45. The van der Waals surface area contributed by atoms with E-state index >= 15 is 0 Å². The van der Waals surface area contributed by atoms with Crippen molar-refractivity contribution in [1.29, 1.82) is 0 Å². The summed E-state index contributed by atoms with van der Waals surface area (Å²) in [5.74, 6) is 4.45. The fourth-order valence-corrected chi connectivity index (χ4v) is 10.6. The van der Waals surface area contributed by atoms with Crippen LogP contribution in [0.5, 0.6) is 0 Å². The highest BCUT2D eigenvalue weighted by molar-refractivity contribution is 5.75. The minimum atomic E-state index is -0.517. The van der Waals surface area contributed by atoms with Crippen LogP contribution in [-0.4, -0.2) is 31.1 Å². The fourth-order valence-electron chi connectivity index (χ4n) is 10.6. The summed E-state index contributed by atoms with van der Waals surface area (Å²) < 4.78 is 28.3. The van der Waals surface area contributed by atoms with Crippen molar-refractivity contribution in [1.82, 2.24) is 0 Å². The van der Waals surface area contributed by atoms with Gasteiger partial charge in [-0.2, -0.15) is 0 Å². The van der Waals surface area contributed by atoms with E-state index < -0.39 is 5.41 Å². The van der Waals surface area contributed by atoms with E-state index in [1.54, 1.807) is 0 Å². The zero-order chi connectivity index (χ0) is 30.4. The lowest BCUT2D eigenvalue weighted by atomic mass is 9.43. The lowest BCUT2D eigenvalue weighted by Crippen LogP contribution is -2.59. The number of carbonyl (C=O) groups is 1. The number of carbonyl (C=O) groups excluding carboxylic acids is 1. The van der Waals surface area contributed by atoms with Gasteiger partial charge in [0.1, 0.15) is 6.10 Å². The number of fused-ring (bicyclic) bond motifs is 5. The number of ether oxygens (including phenoxy) is 3. The third-order valence-electron chi connectivity index (χ3n) is 12.9. The molecule has 0 amide bonds. The second kappa shape index (κ2) is 12.4. The maximum atomic E-state index is 13.4. The lowest BCUT2D eigenvalue weighted by molar-refractivity contribution is -0.230. The van der Waals surface area contributed by atoms with E-state index in [1.165, 1.54) is 44.9 Å². The quantitative estimate of drug-likeness (QED) is 0.214. The normalized spacial score (nSPS) is 45.8. The van der Waals surface area contributed by atoms with E-state index in [0.29, 0.717) is 23.2 Å². The summed E-state index contributed by atoms with van der Waals surface area (Å²) in [5, 5.41) is 0. The Hall–Kier alpha value is -0.610. The van der Waals surface area contributed by atoms with Gasteiger partial charge in [0, 0.05) is 13.9 Å². The molecule has 12 atom stereocenters. The minimum Gasteiger partial charge on any atom is -0.462 e. The Morgan fingerprint density at radius 3 is 2.39 bits per heavy atom. The zero-order valence-corrected chi connectivity index (χ0v) is 27.9. The van der Waals surface area contributed by atoms with Gasteiger partial charge in [-0.1, -0.05) is 53.9 Å². The zero-order valence-electron chi connectivity index (χ0n) is 28.9. The predicted molar refractivity (Wildman–Crippen MR) is 166 cm³/mol. The van der Waals surface area contributed by atoms with Crippen LogP contribution < -0.4 is 0 Å². The first-order valence-electron chi connectivity index (χ1n) is 18.2. The van der Waals surface area contributed by atoms with E-state index in [-0.39, 0.29) is 42.2 Å². The topological polar surface area (TPSA) is 44.8 Å². The number of esters is 1. The SMILES string of the molecule is [2H][C@@H]1C[C@@]2(C)[C@H](C[C@H]1OC1CCCCO1)[C@H](OC(=O)C(C)(C)C)C[C@@H]1[C@@H]2CC[C@]2(C)[C@@H]([C@H](C)CCCC(C)C)CC[C@@H]12. The van der Waals surface area contributed by atoms with E-state index in [4.69, 9.17) is 14.2 Å². The first-order chi connectivity index (χ1) is 19.7. The second-order valence-electron chi connectivity index (χ2n) is 17.1. The number of rotatable bonds is 8. The summed E-state index contributed by atoms with van der Waals surface area (Å²) in [7, 11) is 0. The van der Waals surface area contributed by atoms with Crippen LogP contribution in [0.4, 0.5) is 0 Å². The Balaban J connectivity index is 1.38. The van der Waals surface area contributed by atoms with Crippen LogP contribution in [-0.2, 0) is 19.0 Å². The molecule has 0 radical (unpaired) electrons. The van der Waals surface area contributed by atoms with Crippen LogP contribution in [0.1, 0.15) is 147 Å². The standard InChI is InChI=1S/C37H64O4/c1-24(2)12-11-13-25(3)28-15-16-29-27-23-32(41-34(38)35(4,5)6)31-22-26(40-33-14-9-10-21-39-33)17-19-37(31,8)30(27)18-20-36(28,29)7/h24-33H,9-23H2,1-8H3/t25-,26+,27+,28-,29+,30+,31-,32-,33?,36-,37-/m1/s1/i17D/t17-,25-,26+,27+,28-,29+,30+,31-,32-,33?,36-,37-. The Labute approximate surface area is 254 Å². The van der Waals surface area contributed by atoms with Crippen LogP contribution >= 0.6 is 0 Å². The molecule has 0 aromatic heterocycles. The van der Waals surface area contributed by atoms with Gasteiger partial charge in [0.2, 0.25) is 0 Å². The molecule has 5 fully saturated rings. The van der Waals surface area contributed by atoms with Crippen molar-refractivity contribution < 1.29 is 20.4 Å². The van der Waals surface area contributed by atoms with Gasteiger partial charge in [-0.25, -0.2) is 0 Å². The number of hydrogen-bond acceptors (Lipinski definition) is 4. The average molecular weight is 574 g/mol. The highest BCUT2D eigenvalue weighted by Gasteiger charge is 2.63. The van der Waals surface area contributed by atoms with Crippen LogP contribution in [0.2, 0.25) is 0 Å². The van der Waals surface area contributed by atoms with Crippen LogP contribution in [0.3, 0.4) is 0 Å². The van der Waals surface area contributed by atoms with Gasteiger partial charge in [-0.05, 0) is 138 Å². The van der Waals surface area contributed by atoms with Crippen molar-refractivity contribution in [2.24, 2.45) is 57.7 Å². The summed E-state index contributed by atoms with van der Waals surface area (Å²) in [6, 6.07) is 0. The second-order valence-corrected chi connectivity index (χ2v) is 17.1. The molecule has 0 N–H and O–H groups in total. The Morgan fingerprint density at radius 2 is 1.71 bits per heavy atom. The smallest absolute Gasteiger partial charge is 0.311 e. The van der Waals surface area contributed by atoms with Crippen LogP contribution in [0.25, 0.3) is 0 Å². The average Bonchev–Trinajstić information content (AvgIpc) is 3.27. The largest absolute Gasteiger partial charge is 0.462 e. The van der Waals surface area contributed by atoms with Gasteiger partial charge in [0.05, 0.1) is 11.5 Å². The van der Waals surface area contributed by atoms with E-state index in [2.05, 4.69) is 34.6 Å². The molecule has 4 heteroatoms. The molecule has 0 spiro atoms. The third-order valence-corrected chi connectivity index (χ3v) is 12.9. The molecule has 1 heterocycles. The molecule has 1 saturated heterocycles. The van der Waals surface area contributed by atoms with Crippen molar-refractivity contribution in [3.8, 4) is 0 Å².